The smallest absolute Gasteiger partial charge is 0.243 e. The molecule has 0 radical (unpaired) electrons. The minimum atomic E-state index is -0.0759. The predicted molar refractivity (Wildman–Crippen MR) is 87.4 cm³/mol. The van der Waals surface area contributed by atoms with Crippen molar-refractivity contribution >= 4 is 23.1 Å². The molecule has 4 heteroatoms. The number of nitrogens with zero attached hydrogens (tertiary/aromatic N) is 1. The number of anilines is 2. The zero-order valence-electron chi connectivity index (χ0n) is 12.5. The van der Waals surface area contributed by atoms with Crippen molar-refractivity contribution in [3.8, 4) is 0 Å². The number of benzene rings is 2. The minimum absolute atomic E-state index is 0.0759. The fourth-order valence-electron chi connectivity index (χ4n) is 2.65. The zero-order chi connectivity index (χ0) is 15.5. The number of rotatable bonds is 3. The summed E-state index contributed by atoms with van der Waals surface area (Å²) in [5.74, 6) is 0.0683. The number of Topliss-reactive ketones (excluding diaryl/α,β-unsaturated/α-hetero) is 1. The summed E-state index contributed by atoms with van der Waals surface area (Å²) in [6.07, 6.45) is 0.453. The van der Waals surface area contributed by atoms with Crippen molar-refractivity contribution in [2.24, 2.45) is 0 Å². The molecule has 0 fully saturated rings. The Morgan fingerprint density at radius 3 is 2.64 bits per heavy atom. The summed E-state index contributed by atoms with van der Waals surface area (Å²) < 4.78 is 0. The average molecular weight is 294 g/mol. The summed E-state index contributed by atoms with van der Waals surface area (Å²) in [5, 5.41) is 2.89. The lowest BCUT2D eigenvalue weighted by molar-refractivity contribution is -0.115. The molecule has 0 bridgehead atoms. The first-order chi connectivity index (χ1) is 10.6. The highest BCUT2D eigenvalue weighted by molar-refractivity contribution is 6.04. The maximum Gasteiger partial charge on any atom is 0.243 e. The largest absolute Gasteiger partial charge is 0.361 e. The van der Waals surface area contributed by atoms with E-state index in [0.717, 1.165) is 16.9 Å². The van der Waals surface area contributed by atoms with E-state index in [4.69, 9.17) is 0 Å². The topological polar surface area (TPSA) is 49.4 Å². The van der Waals surface area contributed by atoms with Crippen molar-refractivity contribution in [1.82, 2.24) is 0 Å². The van der Waals surface area contributed by atoms with Gasteiger partial charge in [0.05, 0.1) is 6.54 Å². The Labute approximate surface area is 129 Å². The number of ketones is 1. The highest BCUT2D eigenvalue weighted by atomic mass is 16.2. The van der Waals surface area contributed by atoms with E-state index in [1.807, 2.05) is 60.4 Å². The fraction of sp³-hybridized carbons (Fsp3) is 0.222. The molecule has 0 aromatic heterocycles. The Kier molecular flexibility index (Phi) is 3.92. The first kappa shape index (κ1) is 14.3. The third-order valence-electron chi connectivity index (χ3n) is 3.82. The predicted octanol–water partition coefficient (Wildman–Crippen LogP) is 3.03. The molecule has 0 spiro atoms. The molecule has 2 aromatic rings. The highest BCUT2D eigenvalue weighted by Gasteiger charge is 2.23. The van der Waals surface area contributed by atoms with Gasteiger partial charge in [0.15, 0.2) is 5.78 Å². The number of hydrogen-bond donors (Lipinski definition) is 1. The maximum absolute atomic E-state index is 12.2. The van der Waals surface area contributed by atoms with Gasteiger partial charge in [0.25, 0.3) is 0 Å². The molecule has 22 heavy (non-hydrogen) atoms. The van der Waals surface area contributed by atoms with Gasteiger partial charge in [-0.2, -0.15) is 0 Å². The van der Waals surface area contributed by atoms with E-state index in [1.54, 1.807) is 0 Å². The molecule has 0 atom stereocenters. The molecule has 1 amide bonds. The molecule has 3 rings (SSSR count). The Bertz CT molecular complexity index is 707. The van der Waals surface area contributed by atoms with Crippen LogP contribution in [0.2, 0.25) is 0 Å². The normalized spacial score (nSPS) is 13.7. The Morgan fingerprint density at radius 1 is 1.14 bits per heavy atom. The molecule has 2 aromatic carbocycles. The van der Waals surface area contributed by atoms with Gasteiger partial charge in [-0.25, -0.2) is 0 Å². The summed E-state index contributed by atoms with van der Waals surface area (Å²) in [7, 11) is 0. The SMILES string of the molecule is Cc1ccc(NC(=O)CN2CCC(=O)c3ccccc32)cc1. The van der Waals surface area contributed by atoms with E-state index >= 15 is 0 Å². The molecule has 0 aliphatic carbocycles. The lowest BCUT2D eigenvalue weighted by atomic mass is 10.0. The summed E-state index contributed by atoms with van der Waals surface area (Å²) in [6, 6.07) is 15.2. The monoisotopic (exact) mass is 294 g/mol. The zero-order valence-corrected chi connectivity index (χ0v) is 12.5. The first-order valence-corrected chi connectivity index (χ1v) is 7.37. The van der Waals surface area contributed by atoms with Crippen LogP contribution < -0.4 is 10.2 Å². The van der Waals surface area contributed by atoms with Crippen LogP contribution in [0.15, 0.2) is 48.5 Å². The van der Waals surface area contributed by atoms with Crippen molar-refractivity contribution in [2.45, 2.75) is 13.3 Å². The first-order valence-electron chi connectivity index (χ1n) is 7.37. The summed E-state index contributed by atoms with van der Waals surface area (Å²) >= 11 is 0. The molecule has 112 valence electrons. The van der Waals surface area contributed by atoms with E-state index in [-0.39, 0.29) is 18.2 Å². The van der Waals surface area contributed by atoms with Crippen LogP contribution in [0.4, 0.5) is 11.4 Å². The quantitative estimate of drug-likeness (QED) is 0.946. The number of carbonyl (C=O) groups excluding carboxylic acids is 2. The van der Waals surface area contributed by atoms with Gasteiger partial charge >= 0.3 is 0 Å². The van der Waals surface area contributed by atoms with Crippen molar-refractivity contribution in [2.75, 3.05) is 23.3 Å². The highest BCUT2D eigenvalue weighted by Crippen LogP contribution is 2.26. The van der Waals surface area contributed by atoms with Crippen LogP contribution in [0.25, 0.3) is 0 Å². The number of nitrogens with one attached hydrogen (secondary N) is 1. The van der Waals surface area contributed by atoms with Crippen molar-refractivity contribution < 1.29 is 9.59 Å². The van der Waals surface area contributed by atoms with Gasteiger partial charge in [0.2, 0.25) is 5.91 Å². The number of fused-ring (bicyclic) bond motifs is 1. The summed E-state index contributed by atoms with van der Waals surface area (Å²) in [4.78, 5) is 26.1. The Balaban J connectivity index is 1.71. The second kappa shape index (κ2) is 6.02. The van der Waals surface area contributed by atoms with Crippen LogP contribution in [0.3, 0.4) is 0 Å². The molecule has 0 unspecified atom stereocenters. The molecule has 1 heterocycles. The number of carbonyl (C=O) groups is 2. The van der Waals surface area contributed by atoms with Crippen molar-refractivity contribution in [3.63, 3.8) is 0 Å². The second-order valence-corrected chi connectivity index (χ2v) is 5.53. The second-order valence-electron chi connectivity index (χ2n) is 5.53. The van der Waals surface area contributed by atoms with E-state index in [2.05, 4.69) is 5.32 Å². The van der Waals surface area contributed by atoms with Crippen molar-refractivity contribution in [3.05, 3.63) is 59.7 Å². The molecule has 0 saturated carbocycles. The molecule has 0 saturated heterocycles. The third-order valence-corrected chi connectivity index (χ3v) is 3.82. The standard InChI is InChI=1S/C18H18N2O2/c1-13-6-8-14(9-7-13)19-18(22)12-20-11-10-17(21)15-4-2-3-5-16(15)20/h2-9H,10-12H2,1H3,(H,19,22). The van der Waals surface area contributed by atoms with Gasteiger partial charge in [-0.3, -0.25) is 9.59 Å². The number of hydrogen-bond acceptors (Lipinski definition) is 3. The lowest BCUT2D eigenvalue weighted by Crippen LogP contribution is -2.38. The molecule has 4 nitrogen and oxygen atoms in total. The van der Waals surface area contributed by atoms with Crippen LogP contribution in [0.1, 0.15) is 22.3 Å². The number of aryl methyl sites for hydroxylation is 1. The Hall–Kier alpha value is -2.62. The maximum atomic E-state index is 12.2. The minimum Gasteiger partial charge on any atom is -0.361 e. The number of amides is 1. The molecule has 1 aliphatic rings. The van der Waals surface area contributed by atoms with Gasteiger partial charge in [0, 0.05) is 29.9 Å². The van der Waals surface area contributed by atoms with Gasteiger partial charge < -0.3 is 10.2 Å². The molecular weight excluding hydrogens is 276 g/mol. The molecule has 1 N–H and O–H groups in total. The van der Waals surface area contributed by atoms with Gasteiger partial charge in [0.1, 0.15) is 0 Å². The summed E-state index contributed by atoms with van der Waals surface area (Å²) in [5.41, 5.74) is 3.49. The lowest BCUT2D eigenvalue weighted by Gasteiger charge is -2.29. The van der Waals surface area contributed by atoms with Crippen LogP contribution in [-0.4, -0.2) is 24.8 Å². The van der Waals surface area contributed by atoms with Crippen LogP contribution in [0, 0.1) is 6.92 Å². The summed E-state index contributed by atoms with van der Waals surface area (Å²) in [6.45, 7) is 2.84. The average Bonchev–Trinajstić information content (AvgIpc) is 2.53. The van der Waals surface area contributed by atoms with Crippen LogP contribution >= 0.6 is 0 Å². The van der Waals surface area contributed by atoms with Crippen LogP contribution in [0.5, 0.6) is 0 Å². The third kappa shape index (κ3) is 3.01. The van der Waals surface area contributed by atoms with E-state index in [9.17, 15) is 9.59 Å². The van der Waals surface area contributed by atoms with Gasteiger partial charge in [-0.05, 0) is 31.2 Å². The van der Waals surface area contributed by atoms with E-state index in [0.29, 0.717) is 18.5 Å². The fourth-order valence-corrected chi connectivity index (χ4v) is 2.65. The van der Waals surface area contributed by atoms with Crippen molar-refractivity contribution in [1.29, 1.82) is 0 Å². The Morgan fingerprint density at radius 2 is 1.86 bits per heavy atom. The van der Waals surface area contributed by atoms with Gasteiger partial charge in [-0.15, -0.1) is 0 Å². The van der Waals surface area contributed by atoms with Gasteiger partial charge in [-0.1, -0.05) is 29.8 Å². The van der Waals surface area contributed by atoms with E-state index in [1.165, 1.54) is 0 Å². The molecule has 1 aliphatic heterocycles. The molecular formula is C18H18N2O2. The van der Waals surface area contributed by atoms with E-state index < -0.39 is 0 Å². The number of para-hydroxylation sites is 1. The van der Waals surface area contributed by atoms with Crippen LogP contribution in [-0.2, 0) is 4.79 Å².